The second kappa shape index (κ2) is 4.62. The van der Waals surface area contributed by atoms with Gasteiger partial charge in [0.05, 0.1) is 5.60 Å². The number of carbonyl (C=O) groups excluding carboxylic acids is 1. The zero-order valence-corrected chi connectivity index (χ0v) is 9.23. The zero-order chi connectivity index (χ0) is 11.4. The number of benzene rings is 1. The Kier molecular flexibility index (Phi) is 3.20. The monoisotopic (exact) mass is 216 g/mol. The third-order valence-corrected chi connectivity index (χ3v) is 3.07. The van der Waals surface area contributed by atoms with E-state index in [4.69, 9.17) is 0 Å². The molecule has 1 fully saturated rings. The molecule has 0 radical (unpaired) electrons. The van der Waals surface area contributed by atoms with Crippen molar-refractivity contribution in [2.45, 2.75) is 31.3 Å². The topological polar surface area (TPSA) is 37.3 Å². The predicted octanol–water partition coefficient (Wildman–Crippen LogP) is 2.73. The maximum absolute atomic E-state index is 11.7. The zero-order valence-electron chi connectivity index (χ0n) is 9.23. The van der Waals surface area contributed by atoms with Crippen LogP contribution in [-0.4, -0.2) is 16.5 Å². The summed E-state index contributed by atoms with van der Waals surface area (Å²) in [6.45, 7) is 0. The fourth-order valence-corrected chi connectivity index (χ4v) is 2.08. The van der Waals surface area contributed by atoms with Gasteiger partial charge >= 0.3 is 0 Å². The molecule has 0 unspecified atom stereocenters. The van der Waals surface area contributed by atoms with E-state index in [-0.39, 0.29) is 5.78 Å². The first-order chi connectivity index (χ1) is 7.70. The van der Waals surface area contributed by atoms with Crippen LogP contribution in [0.25, 0.3) is 0 Å². The average Bonchev–Trinajstić information content (AvgIpc) is 2.75. The lowest BCUT2D eigenvalue weighted by Gasteiger charge is -2.15. The Morgan fingerprint density at radius 3 is 2.44 bits per heavy atom. The highest BCUT2D eigenvalue weighted by Crippen LogP contribution is 2.30. The molecule has 0 heterocycles. The molecule has 1 aromatic rings. The summed E-state index contributed by atoms with van der Waals surface area (Å²) < 4.78 is 0. The summed E-state index contributed by atoms with van der Waals surface area (Å²) in [5, 5.41) is 10.0. The Labute approximate surface area is 95.6 Å². The molecule has 1 N–H and O–H groups in total. The third-order valence-electron chi connectivity index (χ3n) is 3.07. The highest BCUT2D eigenvalue weighted by molar-refractivity contribution is 6.04. The quantitative estimate of drug-likeness (QED) is 0.623. The second-order valence-electron chi connectivity index (χ2n) is 4.37. The van der Waals surface area contributed by atoms with Crippen LogP contribution in [-0.2, 0) is 0 Å². The molecule has 0 atom stereocenters. The minimum absolute atomic E-state index is 0.0408. The van der Waals surface area contributed by atoms with E-state index in [0.29, 0.717) is 5.56 Å². The largest absolute Gasteiger partial charge is 0.386 e. The Hall–Kier alpha value is -1.41. The van der Waals surface area contributed by atoms with Gasteiger partial charge < -0.3 is 5.11 Å². The van der Waals surface area contributed by atoms with Crippen LogP contribution in [0, 0.1) is 0 Å². The van der Waals surface area contributed by atoms with E-state index < -0.39 is 5.60 Å². The molecule has 0 aliphatic heterocycles. The molecule has 0 bridgehead atoms. The molecule has 0 saturated heterocycles. The molecule has 2 rings (SSSR count). The summed E-state index contributed by atoms with van der Waals surface area (Å²) in [7, 11) is 0. The molecule has 84 valence electrons. The summed E-state index contributed by atoms with van der Waals surface area (Å²) in [5.74, 6) is -0.0408. The summed E-state index contributed by atoms with van der Waals surface area (Å²) in [6, 6.07) is 9.12. The van der Waals surface area contributed by atoms with Gasteiger partial charge in [0.25, 0.3) is 0 Å². The lowest BCUT2D eigenvalue weighted by Crippen LogP contribution is -2.20. The summed E-state index contributed by atoms with van der Waals surface area (Å²) in [5.41, 5.74) is -0.0786. The minimum Gasteiger partial charge on any atom is -0.386 e. The fourth-order valence-electron chi connectivity index (χ4n) is 2.08. The maximum atomic E-state index is 11.7. The van der Waals surface area contributed by atoms with Crippen LogP contribution < -0.4 is 0 Å². The van der Waals surface area contributed by atoms with Crippen molar-refractivity contribution in [3.05, 3.63) is 48.0 Å². The van der Waals surface area contributed by atoms with E-state index in [0.717, 1.165) is 25.7 Å². The van der Waals surface area contributed by atoms with Crippen molar-refractivity contribution in [3.63, 3.8) is 0 Å². The van der Waals surface area contributed by atoms with Crippen molar-refractivity contribution in [2.24, 2.45) is 0 Å². The van der Waals surface area contributed by atoms with Crippen LogP contribution in [0.5, 0.6) is 0 Å². The molecular formula is C14H16O2. The predicted molar refractivity (Wildman–Crippen MR) is 63.3 cm³/mol. The average molecular weight is 216 g/mol. The van der Waals surface area contributed by atoms with Crippen molar-refractivity contribution < 1.29 is 9.90 Å². The fraction of sp³-hybridized carbons (Fsp3) is 0.357. The number of hydrogen-bond donors (Lipinski definition) is 1. The molecule has 2 nitrogen and oxygen atoms in total. The highest BCUT2D eigenvalue weighted by Gasteiger charge is 2.27. The second-order valence-corrected chi connectivity index (χ2v) is 4.37. The van der Waals surface area contributed by atoms with Crippen LogP contribution in [0.3, 0.4) is 0 Å². The maximum Gasteiger partial charge on any atom is 0.185 e. The molecule has 2 heteroatoms. The first kappa shape index (κ1) is 11.1. The molecule has 1 aromatic carbocycles. The first-order valence-electron chi connectivity index (χ1n) is 5.71. The number of ketones is 1. The lowest BCUT2D eigenvalue weighted by atomic mass is 10.0. The van der Waals surface area contributed by atoms with Crippen LogP contribution in [0.2, 0.25) is 0 Å². The van der Waals surface area contributed by atoms with Crippen LogP contribution in [0.15, 0.2) is 42.5 Å². The number of rotatable bonds is 3. The van der Waals surface area contributed by atoms with Crippen LogP contribution >= 0.6 is 0 Å². The van der Waals surface area contributed by atoms with Gasteiger partial charge in [0, 0.05) is 5.56 Å². The molecule has 0 aromatic heterocycles. The summed E-state index contributed by atoms with van der Waals surface area (Å²) in [6.07, 6.45) is 6.79. The first-order valence-corrected chi connectivity index (χ1v) is 5.71. The van der Waals surface area contributed by atoms with Crippen molar-refractivity contribution in [3.8, 4) is 0 Å². The summed E-state index contributed by atoms with van der Waals surface area (Å²) in [4.78, 5) is 11.7. The van der Waals surface area contributed by atoms with Crippen LogP contribution in [0.1, 0.15) is 36.0 Å². The minimum atomic E-state index is -0.746. The van der Waals surface area contributed by atoms with Gasteiger partial charge in [-0.05, 0) is 25.0 Å². The van der Waals surface area contributed by atoms with E-state index in [2.05, 4.69) is 0 Å². The van der Waals surface area contributed by atoms with Crippen LogP contribution in [0.4, 0.5) is 0 Å². The van der Waals surface area contributed by atoms with Gasteiger partial charge in [0.1, 0.15) is 0 Å². The number of aliphatic hydroxyl groups is 1. The van der Waals surface area contributed by atoms with Gasteiger partial charge in [-0.25, -0.2) is 0 Å². The number of hydrogen-bond acceptors (Lipinski definition) is 2. The number of allylic oxidation sites excluding steroid dienone is 1. The van der Waals surface area contributed by atoms with E-state index in [1.54, 1.807) is 18.2 Å². The molecule has 0 spiro atoms. The molecule has 1 aliphatic carbocycles. The number of carbonyl (C=O) groups is 1. The molecule has 1 saturated carbocycles. The van der Waals surface area contributed by atoms with Gasteiger partial charge in [-0.15, -0.1) is 0 Å². The van der Waals surface area contributed by atoms with Gasteiger partial charge in [0.2, 0.25) is 0 Å². The van der Waals surface area contributed by atoms with Crippen molar-refractivity contribution >= 4 is 5.78 Å². The Balaban J connectivity index is 2.05. The highest BCUT2D eigenvalue weighted by atomic mass is 16.3. The van der Waals surface area contributed by atoms with Crippen molar-refractivity contribution in [1.82, 2.24) is 0 Å². The SMILES string of the molecule is O=C(/C=C/C1(O)CCCC1)c1ccccc1. The summed E-state index contributed by atoms with van der Waals surface area (Å²) >= 11 is 0. The Morgan fingerprint density at radius 1 is 1.19 bits per heavy atom. The molecular weight excluding hydrogens is 200 g/mol. The third kappa shape index (κ3) is 2.58. The smallest absolute Gasteiger partial charge is 0.185 e. The van der Waals surface area contributed by atoms with Crippen molar-refractivity contribution in [2.75, 3.05) is 0 Å². The van der Waals surface area contributed by atoms with Gasteiger partial charge in [-0.1, -0.05) is 43.2 Å². The van der Waals surface area contributed by atoms with Gasteiger partial charge in [-0.2, -0.15) is 0 Å². The van der Waals surface area contributed by atoms with E-state index in [1.165, 1.54) is 6.08 Å². The standard InChI is InChI=1S/C14H16O2/c15-13(12-6-2-1-3-7-12)8-11-14(16)9-4-5-10-14/h1-3,6-8,11,16H,4-5,9-10H2/b11-8+. The Morgan fingerprint density at radius 2 is 1.81 bits per heavy atom. The van der Waals surface area contributed by atoms with E-state index in [9.17, 15) is 9.90 Å². The van der Waals surface area contributed by atoms with Gasteiger partial charge in [-0.3, -0.25) is 4.79 Å². The van der Waals surface area contributed by atoms with Crippen molar-refractivity contribution in [1.29, 1.82) is 0 Å². The van der Waals surface area contributed by atoms with E-state index >= 15 is 0 Å². The molecule has 16 heavy (non-hydrogen) atoms. The van der Waals surface area contributed by atoms with E-state index in [1.807, 2.05) is 18.2 Å². The Bertz CT molecular complexity index is 386. The lowest BCUT2D eigenvalue weighted by molar-refractivity contribution is 0.0952. The normalized spacial score (nSPS) is 19.1. The molecule has 0 amide bonds. The molecule has 1 aliphatic rings. The van der Waals surface area contributed by atoms with Gasteiger partial charge in [0.15, 0.2) is 5.78 Å².